The Hall–Kier alpha value is -2.28. The Labute approximate surface area is 167 Å². The van der Waals surface area contributed by atoms with E-state index in [1.165, 1.54) is 31.4 Å². The summed E-state index contributed by atoms with van der Waals surface area (Å²) in [6, 6.07) is 16.5. The standard InChI is InChI=1S/C19H15Cl2NO4S/c1-26-19(23)12-22(15-7-9-17(20)18(21)11-15)27(24,25)16-8-6-13-4-2-3-5-14(13)10-16/h2-11H,12H2,1H3. The third-order valence-corrected chi connectivity index (χ3v) is 6.51. The maximum atomic E-state index is 13.3. The van der Waals surface area contributed by atoms with Crippen LogP contribution in [0.3, 0.4) is 0 Å². The number of nitrogens with zero attached hydrogens (tertiary/aromatic N) is 1. The van der Waals surface area contributed by atoms with E-state index < -0.39 is 22.5 Å². The zero-order valence-electron chi connectivity index (χ0n) is 14.2. The molecule has 0 aliphatic rings. The average Bonchev–Trinajstić information content (AvgIpc) is 2.67. The number of carbonyl (C=O) groups excluding carboxylic acids is 1. The van der Waals surface area contributed by atoms with Crippen LogP contribution < -0.4 is 4.31 Å². The van der Waals surface area contributed by atoms with Crippen LogP contribution in [0.15, 0.2) is 65.6 Å². The summed E-state index contributed by atoms with van der Waals surface area (Å²) in [7, 11) is -2.86. The van der Waals surface area contributed by atoms with E-state index >= 15 is 0 Å². The lowest BCUT2D eigenvalue weighted by Crippen LogP contribution is -2.36. The summed E-state index contributed by atoms with van der Waals surface area (Å²) in [5.41, 5.74) is 0.211. The molecule has 0 bridgehead atoms. The van der Waals surface area contributed by atoms with E-state index in [1.807, 2.05) is 24.3 Å². The predicted octanol–water partition coefficient (Wildman–Crippen LogP) is 4.51. The molecule has 0 radical (unpaired) electrons. The van der Waals surface area contributed by atoms with Crippen LogP contribution in [0.4, 0.5) is 5.69 Å². The van der Waals surface area contributed by atoms with Crippen molar-refractivity contribution in [2.45, 2.75) is 4.90 Å². The topological polar surface area (TPSA) is 63.7 Å². The molecule has 0 N–H and O–H groups in total. The van der Waals surface area contributed by atoms with E-state index in [4.69, 9.17) is 23.2 Å². The number of methoxy groups -OCH3 is 1. The minimum Gasteiger partial charge on any atom is -0.468 e. The molecule has 8 heteroatoms. The van der Waals surface area contributed by atoms with Gasteiger partial charge in [0.1, 0.15) is 6.54 Å². The normalized spacial score (nSPS) is 11.4. The van der Waals surface area contributed by atoms with E-state index in [2.05, 4.69) is 4.74 Å². The number of rotatable bonds is 5. The lowest BCUT2D eigenvalue weighted by molar-refractivity contribution is -0.138. The van der Waals surface area contributed by atoms with Crippen LogP contribution in [0, 0.1) is 0 Å². The molecule has 0 spiro atoms. The first kappa shape index (κ1) is 19.5. The third kappa shape index (κ3) is 4.03. The summed E-state index contributed by atoms with van der Waals surface area (Å²) < 4.78 is 32.1. The molecular formula is C19H15Cl2NO4S. The number of esters is 1. The van der Waals surface area contributed by atoms with Crippen molar-refractivity contribution in [2.24, 2.45) is 0 Å². The van der Waals surface area contributed by atoms with Crippen LogP contribution >= 0.6 is 23.2 Å². The fourth-order valence-electron chi connectivity index (χ4n) is 2.59. The van der Waals surface area contributed by atoms with Crippen molar-refractivity contribution in [1.29, 1.82) is 0 Å². The Morgan fingerprint density at radius 1 is 0.963 bits per heavy atom. The Morgan fingerprint density at radius 3 is 2.33 bits per heavy atom. The highest BCUT2D eigenvalue weighted by Crippen LogP contribution is 2.31. The van der Waals surface area contributed by atoms with Crippen LogP contribution in [-0.4, -0.2) is 28.0 Å². The highest BCUT2D eigenvalue weighted by molar-refractivity contribution is 7.92. The minimum absolute atomic E-state index is 0.0520. The van der Waals surface area contributed by atoms with Gasteiger partial charge in [0.05, 0.1) is 27.7 Å². The molecule has 140 valence electrons. The molecule has 0 saturated carbocycles. The first-order chi connectivity index (χ1) is 12.8. The molecule has 3 aromatic rings. The van der Waals surface area contributed by atoms with E-state index in [0.717, 1.165) is 15.1 Å². The van der Waals surface area contributed by atoms with Crippen LogP contribution in [0.25, 0.3) is 10.8 Å². The van der Waals surface area contributed by atoms with Crippen molar-refractivity contribution < 1.29 is 17.9 Å². The van der Waals surface area contributed by atoms with Gasteiger partial charge in [-0.05, 0) is 41.1 Å². The molecule has 0 aromatic heterocycles. The Bertz CT molecular complexity index is 1120. The quantitative estimate of drug-likeness (QED) is 0.566. The second kappa shape index (κ2) is 7.76. The summed E-state index contributed by atoms with van der Waals surface area (Å²) in [4.78, 5) is 11.9. The highest BCUT2D eigenvalue weighted by atomic mass is 35.5. The van der Waals surface area contributed by atoms with Crippen LogP contribution in [0.5, 0.6) is 0 Å². The summed E-state index contributed by atoms with van der Waals surface area (Å²) in [5.74, 6) is -0.703. The van der Waals surface area contributed by atoms with E-state index in [0.29, 0.717) is 0 Å². The van der Waals surface area contributed by atoms with E-state index in [9.17, 15) is 13.2 Å². The average molecular weight is 424 g/mol. The number of halogens is 2. The van der Waals surface area contributed by atoms with E-state index in [1.54, 1.807) is 12.1 Å². The summed E-state index contributed by atoms with van der Waals surface area (Å²) in [5, 5.41) is 2.13. The Kier molecular flexibility index (Phi) is 5.60. The van der Waals surface area contributed by atoms with Crippen molar-refractivity contribution in [3.63, 3.8) is 0 Å². The second-order valence-electron chi connectivity index (χ2n) is 5.70. The molecule has 0 fully saturated rings. The fourth-order valence-corrected chi connectivity index (χ4v) is 4.32. The van der Waals surface area contributed by atoms with Crippen molar-refractivity contribution in [1.82, 2.24) is 0 Å². The first-order valence-corrected chi connectivity index (χ1v) is 10.1. The molecule has 27 heavy (non-hydrogen) atoms. The number of benzene rings is 3. The maximum Gasteiger partial charge on any atom is 0.326 e. The number of anilines is 1. The summed E-state index contributed by atoms with van der Waals surface area (Å²) in [6.45, 7) is -0.496. The van der Waals surface area contributed by atoms with Crippen molar-refractivity contribution in [3.05, 3.63) is 70.7 Å². The SMILES string of the molecule is COC(=O)CN(c1ccc(Cl)c(Cl)c1)S(=O)(=O)c1ccc2ccccc2c1. The number of hydrogen-bond donors (Lipinski definition) is 0. The van der Waals surface area contributed by atoms with Gasteiger partial charge in [-0.2, -0.15) is 0 Å². The lowest BCUT2D eigenvalue weighted by atomic mass is 10.1. The smallest absolute Gasteiger partial charge is 0.326 e. The Balaban J connectivity index is 2.13. The van der Waals surface area contributed by atoms with E-state index in [-0.39, 0.29) is 20.6 Å². The number of fused-ring (bicyclic) bond motifs is 1. The largest absolute Gasteiger partial charge is 0.468 e. The zero-order chi connectivity index (χ0) is 19.6. The summed E-state index contributed by atoms with van der Waals surface area (Å²) >= 11 is 12.0. The number of hydrogen-bond acceptors (Lipinski definition) is 4. The van der Waals surface area contributed by atoms with Crippen molar-refractivity contribution in [2.75, 3.05) is 18.0 Å². The minimum atomic E-state index is -4.05. The number of sulfonamides is 1. The van der Waals surface area contributed by atoms with Gasteiger partial charge in [-0.3, -0.25) is 9.10 Å². The highest BCUT2D eigenvalue weighted by Gasteiger charge is 2.28. The fraction of sp³-hybridized carbons (Fsp3) is 0.105. The summed E-state index contributed by atoms with van der Waals surface area (Å²) in [6.07, 6.45) is 0. The predicted molar refractivity (Wildman–Crippen MR) is 107 cm³/mol. The second-order valence-corrected chi connectivity index (χ2v) is 8.37. The van der Waals surface area contributed by atoms with Gasteiger partial charge in [0, 0.05) is 0 Å². The van der Waals surface area contributed by atoms with Crippen LogP contribution in [-0.2, 0) is 19.6 Å². The van der Waals surface area contributed by atoms with Gasteiger partial charge < -0.3 is 4.74 Å². The third-order valence-electron chi connectivity index (χ3n) is 4.00. The molecular weight excluding hydrogens is 409 g/mol. The molecule has 3 rings (SSSR count). The molecule has 0 atom stereocenters. The molecule has 0 heterocycles. The van der Waals surface area contributed by atoms with Gasteiger partial charge in [-0.15, -0.1) is 0 Å². The number of ether oxygens (including phenoxy) is 1. The van der Waals surface area contributed by atoms with Gasteiger partial charge in [0.2, 0.25) is 0 Å². The lowest BCUT2D eigenvalue weighted by Gasteiger charge is -2.24. The number of carbonyl (C=O) groups is 1. The molecule has 0 saturated heterocycles. The maximum absolute atomic E-state index is 13.3. The first-order valence-electron chi connectivity index (χ1n) is 7.86. The molecule has 3 aromatic carbocycles. The van der Waals surface area contributed by atoms with Gasteiger partial charge in [-0.1, -0.05) is 53.5 Å². The molecule has 0 aliphatic carbocycles. The van der Waals surface area contributed by atoms with Crippen LogP contribution in [0.2, 0.25) is 10.0 Å². The van der Waals surface area contributed by atoms with Crippen LogP contribution in [0.1, 0.15) is 0 Å². The van der Waals surface area contributed by atoms with Gasteiger partial charge in [-0.25, -0.2) is 8.42 Å². The van der Waals surface area contributed by atoms with Crippen molar-refractivity contribution in [3.8, 4) is 0 Å². The Morgan fingerprint density at radius 2 is 1.67 bits per heavy atom. The molecule has 5 nitrogen and oxygen atoms in total. The molecule has 0 unspecified atom stereocenters. The van der Waals surface area contributed by atoms with Gasteiger partial charge in [0.25, 0.3) is 10.0 Å². The molecule has 0 aliphatic heterocycles. The zero-order valence-corrected chi connectivity index (χ0v) is 16.6. The van der Waals surface area contributed by atoms with Crippen molar-refractivity contribution >= 4 is 55.7 Å². The van der Waals surface area contributed by atoms with Gasteiger partial charge in [0.15, 0.2) is 0 Å². The monoisotopic (exact) mass is 423 g/mol. The molecule has 0 amide bonds. The van der Waals surface area contributed by atoms with Gasteiger partial charge >= 0.3 is 5.97 Å².